The van der Waals surface area contributed by atoms with Crippen molar-refractivity contribution in [3.05, 3.63) is 0 Å². The molecule has 0 bridgehead atoms. The number of hydrogen-bond donors (Lipinski definition) is 2. The van der Waals surface area contributed by atoms with Crippen molar-refractivity contribution < 1.29 is 4.79 Å². The second-order valence-corrected chi connectivity index (χ2v) is 5.14. The van der Waals surface area contributed by atoms with Gasteiger partial charge in [0.1, 0.15) is 0 Å². The summed E-state index contributed by atoms with van der Waals surface area (Å²) in [7, 11) is 1.81. The van der Waals surface area contributed by atoms with Gasteiger partial charge < -0.3 is 15.5 Å². The Morgan fingerprint density at radius 3 is 2.81 bits per heavy atom. The van der Waals surface area contributed by atoms with Gasteiger partial charge in [-0.3, -0.25) is 4.79 Å². The lowest BCUT2D eigenvalue weighted by atomic mass is 10.1. The molecule has 2 unspecified atom stereocenters. The molecule has 0 aromatic heterocycles. The summed E-state index contributed by atoms with van der Waals surface area (Å²) >= 11 is 0. The Hall–Kier alpha value is -0.610. The molecule has 16 heavy (non-hydrogen) atoms. The lowest BCUT2D eigenvalue weighted by Crippen LogP contribution is -2.42. The van der Waals surface area contributed by atoms with E-state index in [-0.39, 0.29) is 11.9 Å². The monoisotopic (exact) mass is 225 g/mol. The number of rotatable bonds is 5. The maximum atomic E-state index is 11.6. The van der Waals surface area contributed by atoms with Crippen LogP contribution in [0.25, 0.3) is 0 Å². The van der Waals surface area contributed by atoms with E-state index in [2.05, 4.69) is 15.5 Å². The van der Waals surface area contributed by atoms with E-state index in [4.69, 9.17) is 0 Å². The van der Waals surface area contributed by atoms with Crippen molar-refractivity contribution in [1.29, 1.82) is 0 Å². The zero-order valence-electron chi connectivity index (χ0n) is 10.3. The van der Waals surface area contributed by atoms with Gasteiger partial charge in [-0.2, -0.15) is 0 Å². The first-order valence-corrected chi connectivity index (χ1v) is 6.39. The molecule has 0 spiro atoms. The van der Waals surface area contributed by atoms with Gasteiger partial charge in [-0.1, -0.05) is 0 Å². The van der Waals surface area contributed by atoms with Crippen LogP contribution in [0.2, 0.25) is 0 Å². The van der Waals surface area contributed by atoms with Crippen LogP contribution in [-0.2, 0) is 4.79 Å². The number of nitrogens with one attached hydrogen (secondary N) is 2. The molecule has 1 heterocycles. The quantitative estimate of drug-likeness (QED) is 0.702. The average Bonchev–Trinajstić information content (AvgIpc) is 3.05. The highest BCUT2D eigenvalue weighted by atomic mass is 16.2. The van der Waals surface area contributed by atoms with Crippen LogP contribution in [0.1, 0.15) is 26.2 Å². The molecule has 2 rings (SSSR count). The third-order valence-electron chi connectivity index (χ3n) is 3.77. The maximum absolute atomic E-state index is 11.6. The highest BCUT2D eigenvalue weighted by molar-refractivity contribution is 5.81. The van der Waals surface area contributed by atoms with Gasteiger partial charge in [0.25, 0.3) is 0 Å². The summed E-state index contributed by atoms with van der Waals surface area (Å²) in [6, 6.07) is 0.790. The van der Waals surface area contributed by atoms with E-state index in [1.54, 1.807) is 0 Å². The number of amides is 1. The van der Waals surface area contributed by atoms with Crippen LogP contribution in [-0.4, -0.2) is 49.6 Å². The second kappa shape index (κ2) is 5.15. The fourth-order valence-electron chi connectivity index (χ4n) is 2.33. The molecular weight excluding hydrogens is 202 g/mol. The predicted octanol–water partition coefficient (Wildman–Crippen LogP) is 0.195. The van der Waals surface area contributed by atoms with Gasteiger partial charge in [0.05, 0.1) is 6.04 Å². The zero-order chi connectivity index (χ0) is 11.5. The van der Waals surface area contributed by atoms with Crippen molar-refractivity contribution in [2.45, 2.75) is 38.3 Å². The molecule has 1 aliphatic carbocycles. The standard InChI is InChI=1S/C12H23N3O/c1-9(13-2)12(16)14-7-10-5-6-15(8-10)11-3-4-11/h9-11,13H,3-8H2,1-2H3,(H,14,16). The SMILES string of the molecule is CNC(C)C(=O)NCC1CCN(C2CC2)C1. The summed E-state index contributed by atoms with van der Waals surface area (Å²) in [6.45, 7) is 5.14. The Morgan fingerprint density at radius 1 is 1.44 bits per heavy atom. The first-order valence-electron chi connectivity index (χ1n) is 6.39. The third kappa shape index (κ3) is 2.95. The van der Waals surface area contributed by atoms with Gasteiger partial charge in [-0.15, -0.1) is 0 Å². The van der Waals surface area contributed by atoms with Crippen molar-refractivity contribution in [3.8, 4) is 0 Å². The van der Waals surface area contributed by atoms with Crippen LogP contribution < -0.4 is 10.6 Å². The molecule has 92 valence electrons. The minimum atomic E-state index is -0.0825. The molecule has 4 heteroatoms. The van der Waals surface area contributed by atoms with E-state index in [0.29, 0.717) is 5.92 Å². The lowest BCUT2D eigenvalue weighted by Gasteiger charge is -2.16. The molecule has 2 aliphatic rings. The number of likely N-dealkylation sites (tertiary alicyclic amines) is 1. The van der Waals surface area contributed by atoms with Crippen molar-refractivity contribution in [3.63, 3.8) is 0 Å². The Morgan fingerprint density at radius 2 is 2.19 bits per heavy atom. The number of nitrogens with zero attached hydrogens (tertiary/aromatic N) is 1. The molecule has 2 N–H and O–H groups in total. The molecule has 1 saturated carbocycles. The lowest BCUT2D eigenvalue weighted by molar-refractivity contribution is -0.122. The van der Waals surface area contributed by atoms with E-state index < -0.39 is 0 Å². The highest BCUT2D eigenvalue weighted by Crippen LogP contribution is 2.31. The van der Waals surface area contributed by atoms with Crippen LogP contribution in [0, 0.1) is 5.92 Å². The van der Waals surface area contributed by atoms with Crippen LogP contribution in [0.4, 0.5) is 0 Å². The third-order valence-corrected chi connectivity index (χ3v) is 3.77. The van der Waals surface area contributed by atoms with Crippen molar-refractivity contribution >= 4 is 5.91 Å². The molecule has 0 aromatic rings. The average molecular weight is 225 g/mol. The Kier molecular flexibility index (Phi) is 3.82. The van der Waals surface area contributed by atoms with Crippen molar-refractivity contribution in [2.75, 3.05) is 26.7 Å². The van der Waals surface area contributed by atoms with E-state index in [0.717, 1.165) is 12.6 Å². The minimum absolute atomic E-state index is 0.0825. The number of likely N-dealkylation sites (N-methyl/N-ethyl adjacent to an activating group) is 1. The Balaban J connectivity index is 1.65. The normalized spacial score (nSPS) is 28.0. The maximum Gasteiger partial charge on any atom is 0.236 e. The van der Waals surface area contributed by atoms with E-state index >= 15 is 0 Å². The molecule has 4 nitrogen and oxygen atoms in total. The van der Waals surface area contributed by atoms with Gasteiger partial charge in [0.2, 0.25) is 5.91 Å². The molecule has 1 amide bonds. The summed E-state index contributed by atoms with van der Waals surface area (Å²) in [5, 5.41) is 5.98. The molecular formula is C12H23N3O. The molecule has 2 atom stereocenters. The fraction of sp³-hybridized carbons (Fsp3) is 0.917. The molecule has 0 radical (unpaired) electrons. The van der Waals surface area contributed by atoms with Crippen LogP contribution >= 0.6 is 0 Å². The van der Waals surface area contributed by atoms with E-state index in [1.807, 2.05) is 14.0 Å². The summed E-state index contributed by atoms with van der Waals surface area (Å²) in [5.74, 6) is 0.779. The molecule has 1 saturated heterocycles. The van der Waals surface area contributed by atoms with Crippen molar-refractivity contribution in [1.82, 2.24) is 15.5 Å². The van der Waals surface area contributed by atoms with Crippen LogP contribution in [0.15, 0.2) is 0 Å². The largest absolute Gasteiger partial charge is 0.354 e. The van der Waals surface area contributed by atoms with Gasteiger partial charge in [0.15, 0.2) is 0 Å². The van der Waals surface area contributed by atoms with Crippen molar-refractivity contribution in [2.24, 2.45) is 5.92 Å². The van der Waals surface area contributed by atoms with E-state index in [1.165, 1.54) is 32.4 Å². The fourth-order valence-corrected chi connectivity index (χ4v) is 2.33. The summed E-state index contributed by atoms with van der Waals surface area (Å²) in [4.78, 5) is 14.2. The predicted molar refractivity (Wildman–Crippen MR) is 64.2 cm³/mol. The van der Waals surface area contributed by atoms with Crippen LogP contribution in [0.3, 0.4) is 0 Å². The number of hydrogen-bond acceptors (Lipinski definition) is 3. The molecule has 1 aliphatic heterocycles. The second-order valence-electron chi connectivity index (χ2n) is 5.14. The van der Waals surface area contributed by atoms with Gasteiger partial charge >= 0.3 is 0 Å². The topological polar surface area (TPSA) is 44.4 Å². The Labute approximate surface area is 97.8 Å². The van der Waals surface area contributed by atoms with Gasteiger partial charge in [-0.05, 0) is 45.7 Å². The minimum Gasteiger partial charge on any atom is -0.354 e. The smallest absolute Gasteiger partial charge is 0.236 e. The number of carbonyl (C=O) groups is 1. The summed E-state index contributed by atoms with van der Waals surface area (Å²) in [6.07, 6.45) is 4.01. The summed E-state index contributed by atoms with van der Waals surface area (Å²) in [5.41, 5.74) is 0. The first-order chi connectivity index (χ1) is 7.70. The van der Waals surface area contributed by atoms with E-state index in [9.17, 15) is 4.79 Å². The highest BCUT2D eigenvalue weighted by Gasteiger charge is 2.34. The zero-order valence-corrected chi connectivity index (χ0v) is 10.3. The number of carbonyl (C=O) groups excluding carboxylic acids is 1. The molecule has 2 fully saturated rings. The van der Waals surface area contributed by atoms with Gasteiger partial charge in [-0.25, -0.2) is 0 Å². The van der Waals surface area contributed by atoms with Crippen LogP contribution in [0.5, 0.6) is 0 Å². The van der Waals surface area contributed by atoms with Gasteiger partial charge in [0, 0.05) is 19.1 Å². The molecule has 0 aromatic carbocycles. The Bertz CT molecular complexity index is 253. The summed E-state index contributed by atoms with van der Waals surface area (Å²) < 4.78 is 0. The first kappa shape index (κ1) is 11.9.